The first kappa shape index (κ1) is 14.1. The number of fused-ring (bicyclic) bond motifs is 1. The van der Waals surface area contributed by atoms with Gasteiger partial charge in [0.05, 0.1) is 17.3 Å². The van der Waals surface area contributed by atoms with Crippen molar-refractivity contribution in [2.75, 3.05) is 19.0 Å². The lowest BCUT2D eigenvalue weighted by Crippen LogP contribution is -2.24. The number of H-pyrrole nitrogens is 1. The quantitative estimate of drug-likeness (QED) is 0.771. The zero-order chi connectivity index (χ0) is 15.5. The normalized spacial score (nSPS) is 10.6. The van der Waals surface area contributed by atoms with Gasteiger partial charge >= 0.3 is 0 Å². The summed E-state index contributed by atoms with van der Waals surface area (Å²) in [5, 5.41) is 10.7. The topological polar surface area (TPSA) is 73.9 Å². The Morgan fingerprint density at radius 3 is 2.95 bits per heavy atom. The summed E-state index contributed by atoms with van der Waals surface area (Å²) in [4.78, 5) is 18.7. The number of hydrogen-bond donors (Lipinski definition) is 2. The van der Waals surface area contributed by atoms with Crippen molar-refractivity contribution in [2.45, 2.75) is 6.54 Å². The molecule has 1 aromatic carbocycles. The van der Waals surface area contributed by atoms with Crippen molar-refractivity contribution >= 4 is 22.6 Å². The smallest absolute Gasteiger partial charge is 0.253 e. The molecule has 112 valence electrons. The average Bonchev–Trinajstić information content (AvgIpc) is 3.01. The van der Waals surface area contributed by atoms with Crippen LogP contribution in [0.25, 0.3) is 10.9 Å². The summed E-state index contributed by atoms with van der Waals surface area (Å²) in [6.07, 6.45) is 3.45. The predicted octanol–water partition coefficient (Wildman–Crippen LogP) is 1.95. The van der Waals surface area contributed by atoms with Gasteiger partial charge in [-0.05, 0) is 12.1 Å². The molecule has 1 amide bonds. The second-order valence-corrected chi connectivity index (χ2v) is 5.20. The molecule has 0 atom stereocenters. The number of anilines is 1. The van der Waals surface area contributed by atoms with Gasteiger partial charge in [0.15, 0.2) is 0 Å². The van der Waals surface area contributed by atoms with Crippen LogP contribution in [0.1, 0.15) is 15.9 Å². The molecule has 0 aliphatic rings. The van der Waals surface area contributed by atoms with Gasteiger partial charge in [-0.15, -0.1) is 0 Å². The Labute approximate surface area is 128 Å². The van der Waals surface area contributed by atoms with E-state index in [0.717, 1.165) is 22.3 Å². The third-order valence-electron chi connectivity index (χ3n) is 3.45. The van der Waals surface area contributed by atoms with Crippen LogP contribution in [0, 0.1) is 0 Å². The number of benzene rings is 1. The lowest BCUT2D eigenvalue weighted by atomic mass is 10.1. The Bertz CT molecular complexity index is 809. The second kappa shape index (κ2) is 5.85. The molecule has 6 nitrogen and oxygen atoms in total. The fraction of sp³-hybridized carbons (Fsp3) is 0.188. The van der Waals surface area contributed by atoms with E-state index in [9.17, 15) is 4.79 Å². The van der Waals surface area contributed by atoms with E-state index in [1.54, 1.807) is 18.5 Å². The van der Waals surface area contributed by atoms with Crippen molar-refractivity contribution in [1.29, 1.82) is 0 Å². The molecular formula is C16H17N5O. The molecule has 0 unspecified atom stereocenters. The van der Waals surface area contributed by atoms with Crippen molar-refractivity contribution < 1.29 is 4.79 Å². The van der Waals surface area contributed by atoms with Crippen LogP contribution in [0.3, 0.4) is 0 Å². The molecule has 2 aromatic heterocycles. The molecule has 0 spiro atoms. The van der Waals surface area contributed by atoms with Crippen LogP contribution < -0.4 is 10.2 Å². The monoisotopic (exact) mass is 295 g/mol. The highest BCUT2D eigenvalue weighted by atomic mass is 16.1. The summed E-state index contributed by atoms with van der Waals surface area (Å²) in [6, 6.07) is 9.37. The number of para-hydroxylation sites is 1. The number of nitrogens with one attached hydrogen (secondary N) is 2. The summed E-state index contributed by atoms with van der Waals surface area (Å²) < 4.78 is 0. The first-order valence-corrected chi connectivity index (χ1v) is 6.98. The Balaban J connectivity index is 1.80. The van der Waals surface area contributed by atoms with Gasteiger partial charge in [-0.3, -0.25) is 9.89 Å². The van der Waals surface area contributed by atoms with E-state index in [1.165, 1.54) is 0 Å². The number of hydrogen-bond acceptors (Lipinski definition) is 4. The van der Waals surface area contributed by atoms with Crippen molar-refractivity contribution in [1.82, 2.24) is 20.5 Å². The first-order valence-electron chi connectivity index (χ1n) is 6.98. The van der Waals surface area contributed by atoms with Crippen molar-refractivity contribution in [2.24, 2.45) is 0 Å². The van der Waals surface area contributed by atoms with Gasteiger partial charge in [0.2, 0.25) is 0 Å². The summed E-state index contributed by atoms with van der Waals surface area (Å²) in [5.41, 5.74) is 2.31. The number of nitrogens with zero attached hydrogens (tertiary/aromatic N) is 3. The lowest BCUT2D eigenvalue weighted by Gasteiger charge is -2.16. The molecule has 6 heteroatoms. The third-order valence-corrected chi connectivity index (χ3v) is 3.45. The predicted molar refractivity (Wildman–Crippen MR) is 85.8 cm³/mol. The molecule has 3 aromatic rings. The van der Waals surface area contributed by atoms with E-state index < -0.39 is 0 Å². The van der Waals surface area contributed by atoms with Crippen LogP contribution >= 0.6 is 0 Å². The molecule has 0 radical (unpaired) electrons. The maximum absolute atomic E-state index is 12.4. The molecule has 0 bridgehead atoms. The Kier molecular flexibility index (Phi) is 3.74. The zero-order valence-electron chi connectivity index (χ0n) is 12.5. The van der Waals surface area contributed by atoms with Gasteiger partial charge in [-0.2, -0.15) is 5.10 Å². The summed E-state index contributed by atoms with van der Waals surface area (Å²) in [6.45, 7) is 0.421. The minimum atomic E-state index is -0.136. The fourth-order valence-electron chi connectivity index (χ4n) is 2.40. The van der Waals surface area contributed by atoms with Crippen LogP contribution in [-0.2, 0) is 6.54 Å². The third kappa shape index (κ3) is 2.63. The minimum absolute atomic E-state index is 0.136. The van der Waals surface area contributed by atoms with E-state index >= 15 is 0 Å². The van der Waals surface area contributed by atoms with E-state index in [0.29, 0.717) is 12.1 Å². The van der Waals surface area contributed by atoms with Crippen molar-refractivity contribution in [3.05, 3.63) is 53.9 Å². The van der Waals surface area contributed by atoms with Gasteiger partial charge in [0.25, 0.3) is 5.91 Å². The highest BCUT2D eigenvalue weighted by molar-refractivity contribution is 6.05. The number of carbonyl (C=O) groups is 1. The van der Waals surface area contributed by atoms with Gasteiger partial charge in [-0.1, -0.05) is 18.2 Å². The number of pyridine rings is 1. The first-order chi connectivity index (χ1) is 10.7. The zero-order valence-corrected chi connectivity index (χ0v) is 12.5. The van der Waals surface area contributed by atoms with Crippen molar-refractivity contribution in [3.63, 3.8) is 0 Å². The Hall–Kier alpha value is -2.89. The van der Waals surface area contributed by atoms with Crippen LogP contribution in [0.5, 0.6) is 0 Å². The molecule has 0 fully saturated rings. The largest absolute Gasteiger partial charge is 0.362 e. The molecule has 3 rings (SSSR count). The number of amides is 1. The highest BCUT2D eigenvalue weighted by Gasteiger charge is 2.12. The molecule has 0 aliphatic carbocycles. The van der Waals surface area contributed by atoms with Gasteiger partial charge in [0, 0.05) is 37.8 Å². The van der Waals surface area contributed by atoms with E-state index in [-0.39, 0.29) is 5.91 Å². The van der Waals surface area contributed by atoms with Crippen LogP contribution in [-0.4, -0.2) is 35.2 Å². The van der Waals surface area contributed by atoms with Crippen LogP contribution in [0.4, 0.5) is 5.82 Å². The molecule has 0 saturated heterocycles. The number of aromatic nitrogens is 3. The molecule has 0 aliphatic heterocycles. The van der Waals surface area contributed by atoms with Gasteiger partial charge in [0.1, 0.15) is 5.82 Å². The number of carbonyl (C=O) groups excluding carboxylic acids is 1. The summed E-state index contributed by atoms with van der Waals surface area (Å²) in [7, 11) is 3.86. The van der Waals surface area contributed by atoms with Crippen LogP contribution in [0.15, 0.2) is 42.7 Å². The summed E-state index contributed by atoms with van der Waals surface area (Å²) in [5.74, 6) is 0.714. The summed E-state index contributed by atoms with van der Waals surface area (Å²) >= 11 is 0. The molecule has 2 N–H and O–H groups in total. The average molecular weight is 295 g/mol. The van der Waals surface area contributed by atoms with E-state index in [4.69, 9.17) is 0 Å². The lowest BCUT2D eigenvalue weighted by molar-refractivity contribution is 0.0952. The standard InChI is InChI=1S/C16H17N5O/c1-21(2)15-12(6-4-8-17-15)9-18-16(22)13-7-3-5-11-10-19-20-14(11)13/h3-8,10H,9H2,1-2H3,(H,18,22)(H,19,20). The Morgan fingerprint density at radius 1 is 1.27 bits per heavy atom. The van der Waals surface area contributed by atoms with Gasteiger partial charge < -0.3 is 10.2 Å². The highest BCUT2D eigenvalue weighted by Crippen LogP contribution is 2.17. The van der Waals surface area contributed by atoms with Gasteiger partial charge in [-0.25, -0.2) is 4.98 Å². The molecule has 22 heavy (non-hydrogen) atoms. The number of rotatable bonds is 4. The second-order valence-electron chi connectivity index (χ2n) is 5.20. The maximum Gasteiger partial charge on any atom is 0.253 e. The molecule has 2 heterocycles. The number of aromatic amines is 1. The minimum Gasteiger partial charge on any atom is -0.362 e. The Morgan fingerprint density at radius 2 is 2.14 bits per heavy atom. The van der Waals surface area contributed by atoms with Crippen molar-refractivity contribution in [3.8, 4) is 0 Å². The molecule has 0 saturated carbocycles. The SMILES string of the molecule is CN(C)c1ncccc1CNC(=O)c1cccc2cn[nH]c12. The molecular weight excluding hydrogens is 278 g/mol. The fourth-order valence-corrected chi connectivity index (χ4v) is 2.40. The maximum atomic E-state index is 12.4. The van der Waals surface area contributed by atoms with Crippen LogP contribution in [0.2, 0.25) is 0 Å². The van der Waals surface area contributed by atoms with E-state index in [1.807, 2.05) is 43.3 Å². The van der Waals surface area contributed by atoms with E-state index in [2.05, 4.69) is 20.5 Å².